The van der Waals surface area contributed by atoms with Gasteiger partial charge in [0.15, 0.2) is 12.1 Å². The van der Waals surface area contributed by atoms with Gasteiger partial charge >= 0.3 is 6.09 Å². The molecule has 190 valence electrons. The number of hydrogen-bond donors (Lipinski definition) is 2. The van der Waals surface area contributed by atoms with E-state index in [0.717, 1.165) is 29.5 Å². The molecule has 3 amide bonds. The van der Waals surface area contributed by atoms with Gasteiger partial charge in [0.2, 0.25) is 5.91 Å². The molecule has 5 rings (SSSR count). The summed E-state index contributed by atoms with van der Waals surface area (Å²) in [6.07, 6.45) is 0.965. The Balaban J connectivity index is 1.34. The van der Waals surface area contributed by atoms with E-state index in [4.69, 9.17) is 4.74 Å². The SMILES string of the molecule is Cc1ccc(CN2C(=O)O[C@H](c3ccc(NC(=O)c4cccc(C)c4)cc3)[C@@H]2C(=O)NCC2CC2)cc1. The van der Waals surface area contributed by atoms with Crippen molar-refractivity contribution in [3.05, 3.63) is 101 Å². The number of nitrogens with zero attached hydrogens (tertiary/aromatic N) is 1. The topological polar surface area (TPSA) is 87.7 Å². The first-order chi connectivity index (χ1) is 17.9. The van der Waals surface area contributed by atoms with Crippen LogP contribution in [0.3, 0.4) is 0 Å². The van der Waals surface area contributed by atoms with Crippen LogP contribution in [0.4, 0.5) is 10.5 Å². The van der Waals surface area contributed by atoms with Crippen LogP contribution in [-0.4, -0.2) is 35.4 Å². The molecule has 7 heteroatoms. The van der Waals surface area contributed by atoms with Crippen LogP contribution in [0.25, 0.3) is 0 Å². The number of nitrogens with one attached hydrogen (secondary N) is 2. The summed E-state index contributed by atoms with van der Waals surface area (Å²) in [4.78, 5) is 40.4. The fourth-order valence-electron chi connectivity index (χ4n) is 4.52. The first kappa shape index (κ1) is 24.6. The minimum atomic E-state index is -0.791. The van der Waals surface area contributed by atoms with Crippen molar-refractivity contribution in [2.45, 2.75) is 45.4 Å². The zero-order valence-corrected chi connectivity index (χ0v) is 21.1. The molecule has 1 saturated carbocycles. The predicted octanol–water partition coefficient (Wildman–Crippen LogP) is 5.14. The maximum absolute atomic E-state index is 13.3. The van der Waals surface area contributed by atoms with E-state index in [9.17, 15) is 14.4 Å². The molecular weight excluding hydrogens is 466 g/mol. The van der Waals surface area contributed by atoms with E-state index in [1.165, 1.54) is 4.90 Å². The van der Waals surface area contributed by atoms with Crippen LogP contribution in [0, 0.1) is 19.8 Å². The van der Waals surface area contributed by atoms with Gasteiger partial charge in [-0.15, -0.1) is 0 Å². The molecule has 7 nitrogen and oxygen atoms in total. The molecule has 2 atom stereocenters. The van der Waals surface area contributed by atoms with Crippen molar-refractivity contribution in [3.8, 4) is 0 Å². The Morgan fingerprint density at radius 1 is 0.946 bits per heavy atom. The van der Waals surface area contributed by atoms with Crippen LogP contribution >= 0.6 is 0 Å². The molecule has 1 aliphatic carbocycles. The molecule has 2 aliphatic rings. The molecule has 0 spiro atoms. The van der Waals surface area contributed by atoms with E-state index >= 15 is 0 Å². The summed E-state index contributed by atoms with van der Waals surface area (Å²) in [5.74, 6) is 0.0966. The molecule has 2 fully saturated rings. The lowest BCUT2D eigenvalue weighted by Gasteiger charge is -2.24. The molecule has 1 aliphatic heterocycles. The summed E-state index contributed by atoms with van der Waals surface area (Å²) in [5, 5.41) is 5.92. The summed E-state index contributed by atoms with van der Waals surface area (Å²) in [7, 11) is 0. The molecule has 3 aromatic rings. The fourth-order valence-corrected chi connectivity index (χ4v) is 4.52. The van der Waals surface area contributed by atoms with Gasteiger partial charge in [0.05, 0.1) is 6.54 Å². The molecule has 0 unspecified atom stereocenters. The van der Waals surface area contributed by atoms with E-state index in [-0.39, 0.29) is 18.4 Å². The van der Waals surface area contributed by atoms with Crippen molar-refractivity contribution < 1.29 is 19.1 Å². The van der Waals surface area contributed by atoms with Gasteiger partial charge < -0.3 is 15.4 Å². The average Bonchev–Trinajstić information content (AvgIpc) is 3.67. The lowest BCUT2D eigenvalue weighted by atomic mass is 10.00. The number of hydrogen-bond acceptors (Lipinski definition) is 4. The van der Waals surface area contributed by atoms with Crippen LogP contribution in [0.1, 0.15) is 51.6 Å². The van der Waals surface area contributed by atoms with Crippen LogP contribution in [0.15, 0.2) is 72.8 Å². The van der Waals surface area contributed by atoms with Gasteiger partial charge in [0.25, 0.3) is 5.91 Å². The lowest BCUT2D eigenvalue weighted by Crippen LogP contribution is -2.46. The molecule has 2 N–H and O–H groups in total. The van der Waals surface area contributed by atoms with Crippen molar-refractivity contribution >= 4 is 23.6 Å². The zero-order chi connectivity index (χ0) is 25.9. The quantitative estimate of drug-likeness (QED) is 0.451. The molecule has 0 radical (unpaired) electrons. The van der Waals surface area contributed by atoms with E-state index in [1.54, 1.807) is 30.3 Å². The number of rotatable bonds is 8. The highest BCUT2D eigenvalue weighted by atomic mass is 16.6. The Morgan fingerprint density at radius 3 is 2.35 bits per heavy atom. The van der Waals surface area contributed by atoms with Gasteiger partial charge in [-0.2, -0.15) is 0 Å². The van der Waals surface area contributed by atoms with Crippen LogP contribution in [0.2, 0.25) is 0 Å². The van der Waals surface area contributed by atoms with Gasteiger partial charge in [-0.05, 0) is 68.0 Å². The lowest BCUT2D eigenvalue weighted by molar-refractivity contribution is -0.126. The number of benzene rings is 3. The highest BCUT2D eigenvalue weighted by Gasteiger charge is 2.47. The molecule has 1 heterocycles. The smallest absolute Gasteiger partial charge is 0.411 e. The summed E-state index contributed by atoms with van der Waals surface area (Å²) >= 11 is 0. The van der Waals surface area contributed by atoms with E-state index in [2.05, 4.69) is 10.6 Å². The van der Waals surface area contributed by atoms with Crippen LogP contribution in [0.5, 0.6) is 0 Å². The molecule has 1 saturated heterocycles. The summed E-state index contributed by atoms with van der Waals surface area (Å²) in [6, 6.07) is 21.6. The number of aryl methyl sites for hydroxylation is 2. The molecule has 3 aromatic carbocycles. The first-order valence-corrected chi connectivity index (χ1v) is 12.7. The summed E-state index contributed by atoms with van der Waals surface area (Å²) in [5.41, 5.74) is 4.95. The van der Waals surface area contributed by atoms with Gasteiger partial charge in [0.1, 0.15) is 0 Å². The Bertz CT molecular complexity index is 1300. The summed E-state index contributed by atoms with van der Waals surface area (Å²) < 4.78 is 5.75. The van der Waals surface area contributed by atoms with Gasteiger partial charge in [-0.1, -0.05) is 59.7 Å². The van der Waals surface area contributed by atoms with Crippen molar-refractivity contribution in [1.82, 2.24) is 10.2 Å². The van der Waals surface area contributed by atoms with Crippen molar-refractivity contribution in [2.24, 2.45) is 5.92 Å². The van der Waals surface area contributed by atoms with Crippen molar-refractivity contribution in [2.75, 3.05) is 11.9 Å². The minimum Gasteiger partial charge on any atom is -0.438 e. The molecule has 0 aromatic heterocycles. The van der Waals surface area contributed by atoms with E-state index in [0.29, 0.717) is 29.3 Å². The zero-order valence-electron chi connectivity index (χ0n) is 21.1. The van der Waals surface area contributed by atoms with E-state index in [1.807, 2.05) is 56.3 Å². The maximum Gasteiger partial charge on any atom is 0.411 e. The Kier molecular flexibility index (Phi) is 6.95. The van der Waals surface area contributed by atoms with Crippen molar-refractivity contribution in [3.63, 3.8) is 0 Å². The number of anilines is 1. The Hall–Kier alpha value is -4.13. The second-order valence-electron chi connectivity index (χ2n) is 10.00. The normalized spacial score (nSPS) is 18.9. The fraction of sp³-hybridized carbons (Fsp3) is 0.300. The predicted molar refractivity (Wildman–Crippen MR) is 141 cm³/mol. The Labute approximate surface area is 216 Å². The molecule has 37 heavy (non-hydrogen) atoms. The third-order valence-electron chi connectivity index (χ3n) is 6.87. The highest BCUT2D eigenvalue weighted by molar-refractivity contribution is 6.04. The van der Waals surface area contributed by atoms with Crippen LogP contribution < -0.4 is 10.6 Å². The summed E-state index contributed by atoms with van der Waals surface area (Å²) in [6.45, 7) is 4.83. The van der Waals surface area contributed by atoms with Gasteiger partial charge in [-0.25, -0.2) is 4.79 Å². The average molecular weight is 498 g/mol. The van der Waals surface area contributed by atoms with Gasteiger partial charge in [0, 0.05) is 17.8 Å². The second-order valence-corrected chi connectivity index (χ2v) is 10.00. The van der Waals surface area contributed by atoms with E-state index < -0.39 is 18.2 Å². The largest absolute Gasteiger partial charge is 0.438 e. The highest BCUT2D eigenvalue weighted by Crippen LogP contribution is 2.35. The second kappa shape index (κ2) is 10.5. The number of carbonyl (C=O) groups excluding carboxylic acids is 3. The first-order valence-electron chi connectivity index (χ1n) is 12.7. The number of cyclic esters (lactones) is 1. The maximum atomic E-state index is 13.3. The van der Waals surface area contributed by atoms with Crippen molar-refractivity contribution in [1.29, 1.82) is 0 Å². The molecular formula is C30H31N3O4. The third-order valence-corrected chi connectivity index (χ3v) is 6.87. The van der Waals surface area contributed by atoms with Crippen LogP contribution in [-0.2, 0) is 16.1 Å². The third kappa shape index (κ3) is 5.82. The minimum absolute atomic E-state index is 0.203. The molecule has 0 bridgehead atoms. The standard InChI is InChI=1S/C30H31N3O4/c1-19-6-8-22(9-7-19)18-33-26(29(35)31-17-21-10-11-21)27(37-30(33)36)23-12-14-25(15-13-23)32-28(34)24-5-3-4-20(2)16-24/h3-9,12-16,21,26-27H,10-11,17-18H2,1-2H3,(H,31,35)(H,32,34)/t26-,27-/m1/s1. The number of carbonyl (C=O) groups is 3. The van der Waals surface area contributed by atoms with Gasteiger partial charge in [-0.3, -0.25) is 14.5 Å². The number of ether oxygens (including phenoxy) is 1. The monoisotopic (exact) mass is 497 g/mol. The Morgan fingerprint density at radius 2 is 1.68 bits per heavy atom. The number of amides is 3.